The van der Waals surface area contributed by atoms with E-state index in [0.717, 1.165) is 36.6 Å². The van der Waals surface area contributed by atoms with Crippen molar-refractivity contribution in [1.82, 2.24) is 5.32 Å². The maximum atomic E-state index is 9.39. The molecule has 0 bridgehead atoms. The Kier molecular flexibility index (Phi) is 6.52. The summed E-state index contributed by atoms with van der Waals surface area (Å²) in [5.41, 5.74) is 1.37. The normalized spacial score (nSPS) is 17.2. The largest absolute Gasteiger partial charge is 0.493 e. The third-order valence-electron chi connectivity index (χ3n) is 4.86. The number of hydrogen-bond donors (Lipinski definition) is 2. The Bertz CT molecular complexity index is 450. The second-order valence-corrected chi connectivity index (χ2v) is 6.29. The first-order valence-electron chi connectivity index (χ1n) is 8.26. The number of hydrogen-bond acceptors (Lipinski definition) is 4. The van der Waals surface area contributed by atoms with E-state index < -0.39 is 0 Å². The van der Waals surface area contributed by atoms with Crippen molar-refractivity contribution < 1.29 is 14.6 Å². The molecule has 0 atom stereocenters. The number of aliphatic hydroxyl groups excluding tert-OH is 1. The van der Waals surface area contributed by atoms with Crippen LogP contribution < -0.4 is 14.8 Å². The predicted octanol–water partition coefficient (Wildman–Crippen LogP) is 3.13. The molecule has 4 heteroatoms. The van der Waals surface area contributed by atoms with Crippen LogP contribution in [-0.4, -0.2) is 32.5 Å². The quantitative estimate of drug-likeness (QED) is 0.775. The zero-order chi connectivity index (χ0) is 15.8. The van der Waals surface area contributed by atoms with E-state index >= 15 is 0 Å². The van der Waals surface area contributed by atoms with Crippen molar-refractivity contribution in [3.63, 3.8) is 0 Å². The van der Waals surface area contributed by atoms with Gasteiger partial charge in [-0.25, -0.2) is 0 Å². The standard InChI is InChI=1S/C18H29NO3/c1-21-16-8-6-7-15(17(16)22-2)13-19-14-18(11-12-20)9-4-3-5-10-18/h6-8,19-20H,3-5,9-14H2,1-2H3. The first-order chi connectivity index (χ1) is 10.7. The van der Waals surface area contributed by atoms with Gasteiger partial charge in [-0.05, 0) is 30.7 Å². The second kappa shape index (κ2) is 8.39. The molecule has 124 valence electrons. The maximum absolute atomic E-state index is 9.39. The molecular formula is C18H29NO3. The Balaban J connectivity index is 1.97. The second-order valence-electron chi connectivity index (χ2n) is 6.29. The van der Waals surface area contributed by atoms with Crippen LogP contribution in [0.4, 0.5) is 0 Å². The minimum atomic E-state index is 0.263. The number of nitrogens with one attached hydrogen (secondary N) is 1. The molecule has 2 rings (SSSR count). The van der Waals surface area contributed by atoms with Crippen molar-refractivity contribution in [2.45, 2.75) is 45.1 Å². The fourth-order valence-electron chi connectivity index (χ4n) is 3.61. The number of aliphatic hydroxyl groups is 1. The van der Waals surface area contributed by atoms with Crippen LogP contribution in [-0.2, 0) is 6.54 Å². The summed E-state index contributed by atoms with van der Waals surface area (Å²) in [6.45, 7) is 1.99. The first-order valence-corrected chi connectivity index (χ1v) is 8.26. The van der Waals surface area contributed by atoms with Crippen molar-refractivity contribution in [3.8, 4) is 11.5 Å². The highest BCUT2D eigenvalue weighted by molar-refractivity contribution is 5.46. The lowest BCUT2D eigenvalue weighted by Gasteiger charge is -2.37. The molecule has 0 amide bonds. The topological polar surface area (TPSA) is 50.7 Å². The van der Waals surface area contributed by atoms with Gasteiger partial charge in [-0.1, -0.05) is 31.4 Å². The lowest BCUT2D eigenvalue weighted by molar-refractivity contribution is 0.126. The number of ether oxygens (including phenoxy) is 2. The zero-order valence-electron chi connectivity index (χ0n) is 13.9. The van der Waals surface area contributed by atoms with Gasteiger partial charge in [0.25, 0.3) is 0 Å². The zero-order valence-corrected chi connectivity index (χ0v) is 13.9. The number of para-hydroxylation sites is 1. The van der Waals surface area contributed by atoms with Gasteiger partial charge in [0.1, 0.15) is 0 Å². The lowest BCUT2D eigenvalue weighted by atomic mass is 9.72. The molecular weight excluding hydrogens is 278 g/mol. The molecule has 4 nitrogen and oxygen atoms in total. The van der Waals surface area contributed by atoms with Gasteiger partial charge in [0.15, 0.2) is 11.5 Å². The highest BCUT2D eigenvalue weighted by Gasteiger charge is 2.31. The van der Waals surface area contributed by atoms with Crippen LogP contribution in [0.25, 0.3) is 0 Å². The molecule has 0 spiro atoms. The fraction of sp³-hybridized carbons (Fsp3) is 0.667. The van der Waals surface area contributed by atoms with Crippen LogP contribution in [0.2, 0.25) is 0 Å². The van der Waals surface area contributed by atoms with Crippen LogP contribution in [0.5, 0.6) is 11.5 Å². The van der Waals surface area contributed by atoms with Gasteiger partial charge >= 0.3 is 0 Å². The molecule has 0 heterocycles. The molecule has 0 aliphatic heterocycles. The van der Waals surface area contributed by atoms with E-state index in [0.29, 0.717) is 0 Å². The predicted molar refractivity (Wildman–Crippen MR) is 88.5 cm³/mol. The van der Waals surface area contributed by atoms with E-state index in [-0.39, 0.29) is 12.0 Å². The monoisotopic (exact) mass is 307 g/mol. The Morgan fingerprint density at radius 2 is 1.91 bits per heavy atom. The van der Waals surface area contributed by atoms with Crippen molar-refractivity contribution in [1.29, 1.82) is 0 Å². The van der Waals surface area contributed by atoms with Crippen molar-refractivity contribution in [2.24, 2.45) is 5.41 Å². The van der Waals surface area contributed by atoms with Crippen molar-refractivity contribution >= 4 is 0 Å². The molecule has 0 radical (unpaired) electrons. The van der Waals surface area contributed by atoms with E-state index in [1.54, 1.807) is 14.2 Å². The van der Waals surface area contributed by atoms with Gasteiger partial charge < -0.3 is 19.9 Å². The Morgan fingerprint density at radius 1 is 1.14 bits per heavy atom. The summed E-state index contributed by atoms with van der Waals surface area (Å²) in [6, 6.07) is 5.97. The highest BCUT2D eigenvalue weighted by Crippen LogP contribution is 2.39. The summed E-state index contributed by atoms with van der Waals surface area (Å²) in [5, 5.41) is 13.0. The van der Waals surface area contributed by atoms with Crippen LogP contribution in [0, 0.1) is 5.41 Å². The van der Waals surface area contributed by atoms with Gasteiger partial charge in [0.05, 0.1) is 14.2 Å². The Hall–Kier alpha value is -1.26. The van der Waals surface area contributed by atoms with Gasteiger partial charge in [-0.2, -0.15) is 0 Å². The smallest absolute Gasteiger partial charge is 0.165 e. The lowest BCUT2D eigenvalue weighted by Crippen LogP contribution is -2.36. The fourth-order valence-corrected chi connectivity index (χ4v) is 3.61. The summed E-state index contributed by atoms with van der Waals surface area (Å²) in [5.74, 6) is 1.57. The first kappa shape index (κ1) is 17.1. The van der Waals surface area contributed by atoms with Crippen LogP contribution in [0.3, 0.4) is 0 Å². The highest BCUT2D eigenvalue weighted by atomic mass is 16.5. The van der Waals surface area contributed by atoms with Crippen LogP contribution in [0.15, 0.2) is 18.2 Å². The summed E-state index contributed by atoms with van der Waals surface area (Å²) in [4.78, 5) is 0. The van der Waals surface area contributed by atoms with Gasteiger partial charge in [0.2, 0.25) is 0 Å². The third-order valence-corrected chi connectivity index (χ3v) is 4.86. The molecule has 1 saturated carbocycles. The van der Waals surface area contributed by atoms with Crippen molar-refractivity contribution in [3.05, 3.63) is 23.8 Å². The minimum Gasteiger partial charge on any atom is -0.493 e. The molecule has 1 aromatic rings. The van der Waals surface area contributed by atoms with E-state index in [1.807, 2.05) is 12.1 Å². The maximum Gasteiger partial charge on any atom is 0.165 e. The molecule has 1 fully saturated rings. The van der Waals surface area contributed by atoms with E-state index in [2.05, 4.69) is 11.4 Å². The van der Waals surface area contributed by atoms with E-state index in [4.69, 9.17) is 9.47 Å². The average Bonchev–Trinajstić information content (AvgIpc) is 2.55. The Labute approximate surface area is 133 Å². The molecule has 1 aromatic carbocycles. The molecule has 0 saturated heterocycles. The van der Waals surface area contributed by atoms with E-state index in [9.17, 15) is 5.11 Å². The SMILES string of the molecule is COc1cccc(CNCC2(CCO)CCCCC2)c1OC. The summed E-state index contributed by atoms with van der Waals surface area (Å²) in [7, 11) is 3.34. The third kappa shape index (κ3) is 4.14. The molecule has 1 aliphatic carbocycles. The summed E-state index contributed by atoms with van der Waals surface area (Å²) < 4.78 is 10.8. The van der Waals surface area contributed by atoms with Crippen LogP contribution >= 0.6 is 0 Å². The van der Waals surface area contributed by atoms with E-state index in [1.165, 1.54) is 32.1 Å². The van der Waals surface area contributed by atoms with Crippen LogP contribution in [0.1, 0.15) is 44.1 Å². The number of rotatable bonds is 8. The Morgan fingerprint density at radius 3 is 2.55 bits per heavy atom. The summed E-state index contributed by atoms with van der Waals surface area (Å²) in [6.07, 6.45) is 7.23. The molecule has 2 N–H and O–H groups in total. The molecule has 0 aromatic heterocycles. The number of methoxy groups -OCH3 is 2. The van der Waals surface area contributed by atoms with Gasteiger partial charge in [-0.3, -0.25) is 0 Å². The molecule has 0 unspecified atom stereocenters. The van der Waals surface area contributed by atoms with Gasteiger partial charge in [-0.15, -0.1) is 0 Å². The van der Waals surface area contributed by atoms with Gasteiger partial charge in [0, 0.05) is 25.3 Å². The summed E-state index contributed by atoms with van der Waals surface area (Å²) >= 11 is 0. The number of benzene rings is 1. The molecule has 1 aliphatic rings. The van der Waals surface area contributed by atoms with Crippen molar-refractivity contribution in [2.75, 3.05) is 27.4 Å². The molecule has 22 heavy (non-hydrogen) atoms. The average molecular weight is 307 g/mol. The minimum absolute atomic E-state index is 0.263.